The Morgan fingerprint density at radius 2 is 1.65 bits per heavy atom. The Labute approximate surface area is 227 Å². The van der Waals surface area contributed by atoms with Crippen LogP contribution in [-0.4, -0.2) is 31.1 Å². The number of halogens is 1. The number of aromatic amines is 2. The fraction of sp³-hybridized carbons (Fsp3) is 0. The van der Waals surface area contributed by atoms with E-state index in [4.69, 9.17) is 4.98 Å². The lowest BCUT2D eigenvalue weighted by Crippen LogP contribution is -2.11. The van der Waals surface area contributed by atoms with E-state index in [0.717, 1.165) is 44.2 Å². The molecule has 0 saturated carbocycles. The van der Waals surface area contributed by atoms with Crippen molar-refractivity contribution in [3.05, 3.63) is 121 Å². The van der Waals surface area contributed by atoms with Crippen LogP contribution in [0.1, 0.15) is 10.4 Å². The molecule has 0 spiro atoms. The molecule has 3 N–H and O–H groups in total. The van der Waals surface area contributed by atoms with Gasteiger partial charge in [-0.15, -0.1) is 0 Å². The summed E-state index contributed by atoms with van der Waals surface area (Å²) in [5, 5.41) is 11.4. The fourth-order valence-electron chi connectivity index (χ4n) is 4.87. The van der Waals surface area contributed by atoms with E-state index in [1.807, 2.05) is 66.7 Å². The molecule has 192 valence electrons. The number of benzene rings is 4. The molecular weight excluding hydrogens is 503 g/mol. The third kappa shape index (κ3) is 4.27. The van der Waals surface area contributed by atoms with E-state index in [-0.39, 0.29) is 11.7 Å². The molecule has 0 atom stereocenters. The predicted octanol–water partition coefficient (Wildman–Crippen LogP) is 7.23. The standard InChI is InChI=1S/C32H21FN6O/c33-23-9-4-8-21(14-23)25-10-5-11-28-29(25)37-31(36-28)30-26-16-20(12-13-27(26)38-39-30)22-15-24(18-34-17-22)35-32(40)19-6-2-1-3-7-19/h1-18H,(H,35,40)(H,36,37)(H,38,39). The number of amides is 1. The molecule has 7 rings (SSSR count). The number of nitrogens with zero attached hydrogens (tertiary/aromatic N) is 3. The number of anilines is 1. The summed E-state index contributed by atoms with van der Waals surface area (Å²) >= 11 is 0. The van der Waals surface area contributed by atoms with E-state index in [2.05, 4.69) is 25.5 Å². The van der Waals surface area contributed by atoms with E-state index in [1.165, 1.54) is 12.1 Å². The van der Waals surface area contributed by atoms with Gasteiger partial charge >= 0.3 is 0 Å². The number of H-pyrrole nitrogens is 2. The van der Waals surface area contributed by atoms with Crippen molar-refractivity contribution < 1.29 is 9.18 Å². The summed E-state index contributed by atoms with van der Waals surface area (Å²) in [6.07, 6.45) is 3.38. The van der Waals surface area contributed by atoms with Crippen LogP contribution in [0.3, 0.4) is 0 Å². The highest BCUT2D eigenvalue weighted by molar-refractivity contribution is 6.04. The molecule has 0 saturated heterocycles. The van der Waals surface area contributed by atoms with Crippen LogP contribution in [0.5, 0.6) is 0 Å². The largest absolute Gasteiger partial charge is 0.337 e. The van der Waals surface area contributed by atoms with Gasteiger partial charge in [0.15, 0.2) is 5.82 Å². The lowest BCUT2D eigenvalue weighted by Gasteiger charge is -2.08. The van der Waals surface area contributed by atoms with Crippen LogP contribution in [0.4, 0.5) is 10.1 Å². The Kier molecular flexibility index (Phi) is 5.63. The van der Waals surface area contributed by atoms with Gasteiger partial charge in [-0.3, -0.25) is 14.9 Å². The van der Waals surface area contributed by atoms with Gasteiger partial charge in [0.2, 0.25) is 0 Å². The highest BCUT2D eigenvalue weighted by Crippen LogP contribution is 2.33. The molecule has 0 aliphatic carbocycles. The first kappa shape index (κ1) is 23.5. The molecule has 40 heavy (non-hydrogen) atoms. The number of imidazole rings is 1. The van der Waals surface area contributed by atoms with Gasteiger partial charge in [-0.1, -0.05) is 48.5 Å². The number of pyridine rings is 1. The first-order chi connectivity index (χ1) is 19.6. The molecule has 0 fully saturated rings. The summed E-state index contributed by atoms with van der Waals surface area (Å²) in [6.45, 7) is 0. The van der Waals surface area contributed by atoms with Crippen molar-refractivity contribution in [1.82, 2.24) is 25.1 Å². The second-order valence-electron chi connectivity index (χ2n) is 9.41. The Morgan fingerprint density at radius 1 is 0.775 bits per heavy atom. The zero-order valence-electron chi connectivity index (χ0n) is 21.0. The van der Waals surface area contributed by atoms with Crippen LogP contribution in [0.25, 0.3) is 55.7 Å². The van der Waals surface area contributed by atoms with Crippen LogP contribution in [-0.2, 0) is 0 Å². The number of fused-ring (bicyclic) bond motifs is 2. The molecule has 7 aromatic rings. The normalized spacial score (nSPS) is 11.2. The quantitative estimate of drug-likeness (QED) is 0.221. The topological polar surface area (TPSA) is 99.3 Å². The summed E-state index contributed by atoms with van der Waals surface area (Å²) in [6, 6.07) is 29.2. The summed E-state index contributed by atoms with van der Waals surface area (Å²) in [4.78, 5) is 25.2. The van der Waals surface area contributed by atoms with Crippen molar-refractivity contribution in [2.75, 3.05) is 5.32 Å². The SMILES string of the molecule is O=C(Nc1cncc(-c2ccc3[nH]nc(-c4nc5c(-c6cccc(F)c6)cccc5[nH]4)c3c2)c1)c1ccccc1. The number of rotatable bonds is 5. The number of carbonyl (C=O) groups excluding carboxylic acids is 1. The van der Waals surface area contributed by atoms with E-state index in [9.17, 15) is 9.18 Å². The van der Waals surface area contributed by atoms with Crippen LogP contribution in [0.2, 0.25) is 0 Å². The summed E-state index contributed by atoms with van der Waals surface area (Å²) in [7, 11) is 0. The predicted molar refractivity (Wildman–Crippen MR) is 154 cm³/mol. The third-order valence-electron chi connectivity index (χ3n) is 6.80. The van der Waals surface area contributed by atoms with E-state index < -0.39 is 0 Å². The summed E-state index contributed by atoms with van der Waals surface area (Å²) < 4.78 is 13.9. The maximum atomic E-state index is 13.9. The Hall–Kier alpha value is -5.63. The van der Waals surface area contributed by atoms with Crippen LogP contribution < -0.4 is 5.32 Å². The molecule has 8 heteroatoms. The molecular formula is C32H21FN6O. The molecule has 7 nitrogen and oxygen atoms in total. The number of aromatic nitrogens is 5. The zero-order valence-corrected chi connectivity index (χ0v) is 21.0. The van der Waals surface area contributed by atoms with Gasteiger partial charge in [0.05, 0.1) is 28.4 Å². The minimum Gasteiger partial charge on any atom is -0.337 e. The third-order valence-corrected chi connectivity index (χ3v) is 6.80. The van der Waals surface area contributed by atoms with Crippen LogP contribution in [0, 0.1) is 5.82 Å². The van der Waals surface area contributed by atoms with Crippen molar-refractivity contribution >= 4 is 33.5 Å². The smallest absolute Gasteiger partial charge is 0.255 e. The summed E-state index contributed by atoms with van der Waals surface area (Å²) in [5.74, 6) is 0.105. The van der Waals surface area contributed by atoms with Gasteiger partial charge < -0.3 is 10.3 Å². The van der Waals surface area contributed by atoms with E-state index >= 15 is 0 Å². The number of carbonyl (C=O) groups is 1. The summed E-state index contributed by atoms with van der Waals surface area (Å²) in [5.41, 5.74) is 7.60. The van der Waals surface area contributed by atoms with E-state index in [1.54, 1.807) is 30.6 Å². The van der Waals surface area contributed by atoms with Gasteiger partial charge in [0, 0.05) is 28.3 Å². The second-order valence-corrected chi connectivity index (χ2v) is 9.41. The van der Waals surface area contributed by atoms with E-state index in [0.29, 0.717) is 22.8 Å². The average Bonchev–Trinajstić information content (AvgIpc) is 3.61. The lowest BCUT2D eigenvalue weighted by atomic mass is 10.0. The zero-order chi connectivity index (χ0) is 27.1. The number of nitrogens with one attached hydrogen (secondary N) is 3. The van der Waals surface area contributed by atoms with Gasteiger partial charge in [-0.2, -0.15) is 5.10 Å². The second kappa shape index (κ2) is 9.59. The highest BCUT2D eigenvalue weighted by Gasteiger charge is 2.16. The Balaban J connectivity index is 1.25. The monoisotopic (exact) mass is 524 g/mol. The van der Waals surface area contributed by atoms with Gasteiger partial charge in [-0.05, 0) is 59.7 Å². The molecule has 0 bridgehead atoms. The van der Waals surface area contributed by atoms with Crippen molar-refractivity contribution in [3.63, 3.8) is 0 Å². The fourth-order valence-corrected chi connectivity index (χ4v) is 4.87. The Morgan fingerprint density at radius 3 is 2.52 bits per heavy atom. The molecule has 0 aliphatic rings. The maximum absolute atomic E-state index is 13.9. The number of hydrogen-bond donors (Lipinski definition) is 3. The Bertz CT molecular complexity index is 2030. The average molecular weight is 525 g/mol. The van der Waals surface area contributed by atoms with Crippen molar-refractivity contribution in [1.29, 1.82) is 0 Å². The van der Waals surface area contributed by atoms with Crippen LogP contribution >= 0.6 is 0 Å². The van der Waals surface area contributed by atoms with Crippen LogP contribution in [0.15, 0.2) is 109 Å². The van der Waals surface area contributed by atoms with Crippen molar-refractivity contribution in [2.45, 2.75) is 0 Å². The lowest BCUT2D eigenvalue weighted by molar-refractivity contribution is 0.102. The maximum Gasteiger partial charge on any atom is 0.255 e. The van der Waals surface area contributed by atoms with Gasteiger partial charge in [-0.25, -0.2) is 9.37 Å². The molecule has 3 aromatic heterocycles. The highest BCUT2D eigenvalue weighted by atomic mass is 19.1. The molecule has 0 unspecified atom stereocenters. The van der Waals surface area contributed by atoms with Crippen molar-refractivity contribution in [2.24, 2.45) is 0 Å². The minimum absolute atomic E-state index is 0.199. The molecule has 3 heterocycles. The van der Waals surface area contributed by atoms with Gasteiger partial charge in [0.25, 0.3) is 5.91 Å². The number of para-hydroxylation sites is 1. The molecule has 4 aromatic carbocycles. The first-order valence-electron chi connectivity index (χ1n) is 12.7. The molecule has 0 radical (unpaired) electrons. The first-order valence-corrected chi connectivity index (χ1v) is 12.7. The van der Waals surface area contributed by atoms with Crippen molar-refractivity contribution in [3.8, 4) is 33.8 Å². The molecule has 0 aliphatic heterocycles. The molecule has 1 amide bonds. The number of hydrogen-bond acceptors (Lipinski definition) is 4. The van der Waals surface area contributed by atoms with Gasteiger partial charge in [0.1, 0.15) is 11.5 Å². The minimum atomic E-state index is -0.297.